The Morgan fingerprint density at radius 3 is 2.46 bits per heavy atom. The fourth-order valence-corrected chi connectivity index (χ4v) is 3.87. The van der Waals surface area contributed by atoms with Gasteiger partial charge in [-0.2, -0.15) is 12.7 Å². The second-order valence-corrected chi connectivity index (χ2v) is 8.36. The third-order valence-corrected chi connectivity index (χ3v) is 6.02. The van der Waals surface area contributed by atoms with Gasteiger partial charge in [0.1, 0.15) is 18.9 Å². The molecule has 0 radical (unpaired) electrons. The van der Waals surface area contributed by atoms with Crippen molar-refractivity contribution < 1.29 is 22.4 Å². The van der Waals surface area contributed by atoms with Crippen LogP contribution < -0.4 is 14.5 Å². The first-order chi connectivity index (χ1) is 13.2. The van der Waals surface area contributed by atoms with E-state index in [1.807, 2.05) is 0 Å². The quantitative estimate of drug-likeness (QED) is 0.813. The summed E-state index contributed by atoms with van der Waals surface area (Å²) in [7, 11) is -1.58. The molecule has 2 aromatic rings. The summed E-state index contributed by atoms with van der Waals surface area (Å²) in [6.07, 6.45) is 0. The van der Waals surface area contributed by atoms with E-state index in [0.29, 0.717) is 15.7 Å². The number of fused-ring (bicyclic) bond motifs is 1. The molecule has 0 saturated carbocycles. The van der Waals surface area contributed by atoms with Gasteiger partial charge in [-0.15, -0.1) is 0 Å². The molecule has 0 aliphatic carbocycles. The first kappa shape index (κ1) is 19.8. The number of benzene rings is 2. The lowest BCUT2D eigenvalue weighted by Crippen LogP contribution is -2.50. The summed E-state index contributed by atoms with van der Waals surface area (Å²) in [4.78, 5) is 26.1. The molecule has 10 heteroatoms. The summed E-state index contributed by atoms with van der Waals surface area (Å²) in [5.74, 6) is -1.84. The zero-order valence-corrected chi connectivity index (χ0v) is 16.1. The Kier molecular flexibility index (Phi) is 5.34. The molecule has 0 spiro atoms. The minimum Gasteiger partial charge on any atom is -0.323 e. The van der Waals surface area contributed by atoms with E-state index in [2.05, 4.69) is 5.32 Å². The zero-order valence-electron chi connectivity index (χ0n) is 15.3. The van der Waals surface area contributed by atoms with Gasteiger partial charge in [0, 0.05) is 14.1 Å². The number of halogens is 1. The second-order valence-electron chi connectivity index (χ2n) is 6.29. The van der Waals surface area contributed by atoms with E-state index in [4.69, 9.17) is 0 Å². The van der Waals surface area contributed by atoms with E-state index in [0.717, 1.165) is 10.4 Å². The number of amides is 2. The number of rotatable bonds is 5. The summed E-state index contributed by atoms with van der Waals surface area (Å²) in [6, 6.07) is 12.0. The van der Waals surface area contributed by atoms with Crippen LogP contribution in [-0.4, -0.2) is 51.7 Å². The Balaban J connectivity index is 1.99. The summed E-state index contributed by atoms with van der Waals surface area (Å²) in [5, 5.41) is 2.65. The number of nitrogens with zero attached hydrogens (tertiary/aromatic N) is 3. The second kappa shape index (κ2) is 7.56. The molecule has 3 rings (SSSR count). The van der Waals surface area contributed by atoms with Gasteiger partial charge in [-0.05, 0) is 24.3 Å². The smallest absolute Gasteiger partial charge is 0.304 e. The summed E-state index contributed by atoms with van der Waals surface area (Å²) in [6.45, 7) is -0.925. The van der Waals surface area contributed by atoms with Crippen LogP contribution in [0, 0.1) is 5.82 Å². The Morgan fingerprint density at radius 1 is 1.14 bits per heavy atom. The van der Waals surface area contributed by atoms with E-state index < -0.39 is 34.4 Å². The number of para-hydroxylation sites is 3. The molecule has 0 fully saturated rings. The van der Waals surface area contributed by atoms with Gasteiger partial charge >= 0.3 is 10.2 Å². The van der Waals surface area contributed by atoms with Gasteiger partial charge in [0.05, 0.1) is 17.1 Å². The van der Waals surface area contributed by atoms with Crippen LogP contribution in [0.25, 0.3) is 0 Å². The number of anilines is 3. The molecule has 0 bridgehead atoms. The maximum absolute atomic E-state index is 14.3. The van der Waals surface area contributed by atoms with Crippen LogP contribution in [0.5, 0.6) is 0 Å². The Bertz CT molecular complexity index is 1030. The van der Waals surface area contributed by atoms with Crippen molar-refractivity contribution in [2.75, 3.05) is 41.7 Å². The number of carbonyl (C=O) groups excluding carboxylic acids is 2. The molecule has 2 aromatic carbocycles. The summed E-state index contributed by atoms with van der Waals surface area (Å²) in [5.41, 5.74) is 0.641. The standard InChI is InChI=1S/C18H19FN4O4S/c1-21(2)28(26,27)23(15-9-5-3-7-13(15)19)12-18(25)22-11-17(24)20-14-8-4-6-10-16(14)22/h3-10H,11-12H2,1-2H3,(H,20,24). The van der Waals surface area contributed by atoms with Crippen molar-refractivity contribution >= 4 is 39.1 Å². The maximum atomic E-state index is 14.3. The van der Waals surface area contributed by atoms with Crippen molar-refractivity contribution in [1.29, 1.82) is 0 Å². The van der Waals surface area contributed by atoms with Gasteiger partial charge < -0.3 is 5.32 Å². The van der Waals surface area contributed by atoms with Crippen LogP contribution in [0.15, 0.2) is 48.5 Å². The Hall–Kier alpha value is -2.98. The zero-order chi connectivity index (χ0) is 20.5. The largest absolute Gasteiger partial charge is 0.323 e. The van der Waals surface area contributed by atoms with Crippen molar-refractivity contribution in [2.24, 2.45) is 0 Å². The minimum absolute atomic E-state index is 0.251. The highest BCUT2D eigenvalue weighted by atomic mass is 32.2. The van der Waals surface area contributed by atoms with Gasteiger partial charge in [0.2, 0.25) is 11.8 Å². The van der Waals surface area contributed by atoms with E-state index in [9.17, 15) is 22.4 Å². The molecular weight excluding hydrogens is 387 g/mol. The SMILES string of the molecule is CN(C)S(=O)(=O)N(CC(=O)N1CC(=O)Nc2ccccc21)c1ccccc1F. The van der Waals surface area contributed by atoms with E-state index in [1.165, 1.54) is 37.2 Å². The van der Waals surface area contributed by atoms with Crippen LogP contribution in [0.2, 0.25) is 0 Å². The lowest BCUT2D eigenvalue weighted by Gasteiger charge is -2.32. The van der Waals surface area contributed by atoms with Crippen molar-refractivity contribution in [3.05, 3.63) is 54.3 Å². The summed E-state index contributed by atoms with van der Waals surface area (Å²) < 4.78 is 41.4. The highest BCUT2D eigenvalue weighted by molar-refractivity contribution is 7.90. The topological polar surface area (TPSA) is 90.0 Å². The van der Waals surface area contributed by atoms with Gasteiger partial charge in [-0.1, -0.05) is 24.3 Å². The van der Waals surface area contributed by atoms with E-state index >= 15 is 0 Å². The van der Waals surface area contributed by atoms with E-state index in [1.54, 1.807) is 24.3 Å². The van der Waals surface area contributed by atoms with Crippen LogP contribution in [0.4, 0.5) is 21.5 Å². The minimum atomic E-state index is -4.16. The molecule has 0 unspecified atom stereocenters. The average molecular weight is 406 g/mol. The van der Waals surface area contributed by atoms with Crippen LogP contribution in [-0.2, 0) is 19.8 Å². The fraction of sp³-hybridized carbons (Fsp3) is 0.222. The number of hydrogen-bond acceptors (Lipinski definition) is 4. The highest BCUT2D eigenvalue weighted by Crippen LogP contribution is 2.30. The fourth-order valence-electron chi connectivity index (χ4n) is 2.81. The van der Waals surface area contributed by atoms with E-state index in [-0.39, 0.29) is 12.2 Å². The van der Waals surface area contributed by atoms with Crippen molar-refractivity contribution in [3.63, 3.8) is 0 Å². The Morgan fingerprint density at radius 2 is 1.79 bits per heavy atom. The van der Waals surface area contributed by atoms with Gasteiger partial charge in [0.25, 0.3) is 0 Å². The van der Waals surface area contributed by atoms with Crippen molar-refractivity contribution in [1.82, 2.24) is 4.31 Å². The first-order valence-electron chi connectivity index (χ1n) is 8.36. The third kappa shape index (κ3) is 3.69. The van der Waals surface area contributed by atoms with Gasteiger partial charge in [-0.25, -0.2) is 8.70 Å². The van der Waals surface area contributed by atoms with Crippen LogP contribution in [0.3, 0.4) is 0 Å². The molecule has 1 aliphatic heterocycles. The molecule has 148 valence electrons. The van der Waals surface area contributed by atoms with Crippen molar-refractivity contribution in [3.8, 4) is 0 Å². The normalized spacial score (nSPS) is 13.9. The molecule has 28 heavy (non-hydrogen) atoms. The van der Waals surface area contributed by atoms with Gasteiger partial charge in [-0.3, -0.25) is 14.5 Å². The molecule has 2 amide bonds. The Labute approximate surface area is 162 Å². The molecule has 1 aliphatic rings. The lowest BCUT2D eigenvalue weighted by atomic mass is 10.2. The van der Waals surface area contributed by atoms with Crippen molar-refractivity contribution in [2.45, 2.75) is 0 Å². The number of nitrogens with one attached hydrogen (secondary N) is 1. The molecule has 8 nitrogen and oxygen atoms in total. The monoisotopic (exact) mass is 406 g/mol. The average Bonchev–Trinajstić information content (AvgIpc) is 2.65. The molecule has 1 heterocycles. The van der Waals surface area contributed by atoms with Gasteiger partial charge in [0.15, 0.2) is 0 Å². The summed E-state index contributed by atoms with van der Waals surface area (Å²) >= 11 is 0. The predicted octanol–water partition coefficient (Wildman–Crippen LogP) is 1.42. The number of carbonyl (C=O) groups is 2. The molecular formula is C18H19FN4O4S. The molecule has 0 aromatic heterocycles. The van der Waals surface area contributed by atoms with Crippen LogP contribution in [0.1, 0.15) is 0 Å². The molecule has 1 N–H and O–H groups in total. The maximum Gasteiger partial charge on any atom is 0.304 e. The first-order valence-corrected chi connectivity index (χ1v) is 9.75. The predicted molar refractivity (Wildman–Crippen MR) is 104 cm³/mol. The molecule has 0 saturated heterocycles. The number of hydrogen-bond donors (Lipinski definition) is 1. The highest BCUT2D eigenvalue weighted by Gasteiger charge is 2.33. The van der Waals surface area contributed by atoms with Crippen LogP contribution >= 0.6 is 0 Å². The lowest BCUT2D eigenvalue weighted by molar-refractivity contribution is -0.121. The third-order valence-electron chi connectivity index (χ3n) is 4.21. The molecule has 0 atom stereocenters.